The van der Waals surface area contributed by atoms with Crippen LogP contribution in [0.1, 0.15) is 54.1 Å². The molecule has 0 atom stereocenters. The second kappa shape index (κ2) is 13.5. The van der Waals surface area contributed by atoms with Gasteiger partial charge in [0, 0.05) is 36.7 Å². The number of urea groups is 1. The summed E-state index contributed by atoms with van der Waals surface area (Å²) in [5, 5.41) is 19.9. The minimum absolute atomic E-state index is 0.0127. The minimum atomic E-state index is -0.415. The van der Waals surface area contributed by atoms with Gasteiger partial charge < -0.3 is 15.4 Å². The summed E-state index contributed by atoms with van der Waals surface area (Å²) in [7, 11) is 0. The van der Waals surface area contributed by atoms with Crippen LogP contribution in [0, 0.1) is 11.3 Å². The van der Waals surface area contributed by atoms with Crippen molar-refractivity contribution in [3.63, 3.8) is 0 Å². The first-order valence-corrected chi connectivity index (χ1v) is 14.1. The summed E-state index contributed by atoms with van der Waals surface area (Å²) in [5.41, 5.74) is 3.48. The fraction of sp³-hybridized carbons (Fsp3) is 0.281. The van der Waals surface area contributed by atoms with E-state index in [1.165, 1.54) is 6.20 Å². The van der Waals surface area contributed by atoms with Crippen LogP contribution in [0.4, 0.5) is 16.3 Å². The van der Waals surface area contributed by atoms with E-state index in [1.54, 1.807) is 30.1 Å². The highest BCUT2D eigenvalue weighted by Gasteiger charge is 2.30. The Bertz CT molecular complexity index is 1520. The fourth-order valence-electron chi connectivity index (χ4n) is 5.14. The maximum Gasteiger partial charge on any atom is 0.341 e. The SMILES string of the molecule is CCOC(=O)c1cnn(-c2ccc(N(C(=O)NCc3ccccc3)C3CCC(Nc4ccc(C#N)cn4)CC3)cc2)c1. The number of nitriles is 1. The van der Waals surface area contributed by atoms with Crippen LogP contribution in [0.2, 0.25) is 0 Å². The third-order valence-electron chi connectivity index (χ3n) is 7.30. The van der Waals surface area contributed by atoms with Gasteiger partial charge >= 0.3 is 12.0 Å². The highest BCUT2D eigenvalue weighted by atomic mass is 16.5. The molecule has 2 N–H and O–H groups in total. The fourth-order valence-corrected chi connectivity index (χ4v) is 5.14. The predicted octanol–water partition coefficient (Wildman–Crippen LogP) is 5.46. The van der Waals surface area contributed by atoms with Crippen molar-refractivity contribution in [2.75, 3.05) is 16.8 Å². The van der Waals surface area contributed by atoms with E-state index in [9.17, 15) is 9.59 Å². The number of nitrogens with zero attached hydrogens (tertiary/aromatic N) is 5. The van der Waals surface area contributed by atoms with E-state index < -0.39 is 5.97 Å². The molecule has 5 rings (SSSR count). The lowest BCUT2D eigenvalue weighted by Gasteiger charge is -2.37. The van der Waals surface area contributed by atoms with Crippen LogP contribution in [-0.4, -0.2) is 45.5 Å². The number of hydrogen-bond donors (Lipinski definition) is 2. The van der Waals surface area contributed by atoms with Crippen LogP contribution < -0.4 is 15.5 Å². The summed E-state index contributed by atoms with van der Waals surface area (Å²) in [6, 6.07) is 23.2. The highest BCUT2D eigenvalue weighted by molar-refractivity contribution is 5.92. The third-order valence-corrected chi connectivity index (χ3v) is 7.30. The number of carbonyl (C=O) groups is 2. The monoisotopic (exact) mass is 563 g/mol. The molecule has 0 radical (unpaired) electrons. The quantitative estimate of drug-likeness (QED) is 0.259. The van der Waals surface area contributed by atoms with Gasteiger partial charge in [-0.15, -0.1) is 0 Å². The molecule has 0 saturated heterocycles. The molecule has 0 unspecified atom stereocenters. The van der Waals surface area contributed by atoms with Crippen molar-refractivity contribution in [2.24, 2.45) is 0 Å². The van der Waals surface area contributed by atoms with Gasteiger partial charge in [0.05, 0.1) is 29.6 Å². The maximum absolute atomic E-state index is 13.6. The van der Waals surface area contributed by atoms with E-state index in [2.05, 4.69) is 26.8 Å². The van der Waals surface area contributed by atoms with Crippen molar-refractivity contribution in [1.29, 1.82) is 5.26 Å². The maximum atomic E-state index is 13.6. The Balaban J connectivity index is 1.30. The molecule has 2 aromatic carbocycles. The van der Waals surface area contributed by atoms with Gasteiger partial charge in [-0.2, -0.15) is 10.4 Å². The lowest BCUT2D eigenvalue weighted by molar-refractivity contribution is 0.0526. The summed E-state index contributed by atoms with van der Waals surface area (Å²) >= 11 is 0. The number of aromatic nitrogens is 3. The Morgan fingerprint density at radius 3 is 2.45 bits per heavy atom. The molecule has 1 aliphatic rings. The van der Waals surface area contributed by atoms with Crippen molar-refractivity contribution in [2.45, 2.75) is 51.2 Å². The average molecular weight is 564 g/mol. The minimum Gasteiger partial charge on any atom is -0.462 e. The van der Waals surface area contributed by atoms with Gasteiger partial charge in [-0.3, -0.25) is 4.90 Å². The van der Waals surface area contributed by atoms with Crippen molar-refractivity contribution in [3.05, 3.63) is 102 Å². The Morgan fingerprint density at radius 2 is 1.79 bits per heavy atom. The molecule has 4 aromatic rings. The molecule has 2 aromatic heterocycles. The molecule has 1 saturated carbocycles. The number of pyridine rings is 1. The molecule has 1 aliphatic carbocycles. The molecule has 10 nitrogen and oxygen atoms in total. The first-order valence-electron chi connectivity index (χ1n) is 14.1. The molecule has 0 spiro atoms. The standard InChI is InChI=1S/C32H33N7O3/c1-2-42-31(40)25-21-36-38(22-25)27-13-15-29(16-14-27)39(32(41)35-19-23-6-4-3-5-7-23)28-11-9-26(10-12-28)37-30-17-8-24(18-33)20-34-30/h3-8,13-17,20-22,26,28H,2,9-12,19H2,1H3,(H,34,37)(H,35,41). The van der Waals surface area contributed by atoms with Gasteiger partial charge in [0.15, 0.2) is 0 Å². The molecule has 2 heterocycles. The molecule has 0 aliphatic heterocycles. The molecular weight excluding hydrogens is 530 g/mol. The van der Waals surface area contributed by atoms with E-state index in [4.69, 9.17) is 10.00 Å². The largest absolute Gasteiger partial charge is 0.462 e. The van der Waals surface area contributed by atoms with Gasteiger partial charge in [-0.25, -0.2) is 19.3 Å². The van der Waals surface area contributed by atoms with Crippen LogP contribution in [0.15, 0.2) is 85.3 Å². The van der Waals surface area contributed by atoms with Gasteiger partial charge in [0.1, 0.15) is 11.9 Å². The summed E-state index contributed by atoms with van der Waals surface area (Å²) in [4.78, 5) is 31.9. The van der Waals surface area contributed by atoms with Gasteiger partial charge in [-0.1, -0.05) is 30.3 Å². The first-order chi connectivity index (χ1) is 20.5. The van der Waals surface area contributed by atoms with Crippen LogP contribution >= 0.6 is 0 Å². The van der Waals surface area contributed by atoms with Crippen LogP contribution in [0.3, 0.4) is 0 Å². The number of esters is 1. The average Bonchev–Trinajstić information content (AvgIpc) is 3.53. The van der Waals surface area contributed by atoms with E-state index in [-0.39, 0.29) is 18.1 Å². The zero-order valence-electron chi connectivity index (χ0n) is 23.4. The lowest BCUT2D eigenvalue weighted by atomic mass is 9.90. The summed E-state index contributed by atoms with van der Waals surface area (Å²) in [5.74, 6) is 0.330. The first kappa shape index (κ1) is 28.4. The second-order valence-corrected chi connectivity index (χ2v) is 10.1. The smallest absolute Gasteiger partial charge is 0.341 e. The molecule has 2 amide bonds. The molecule has 42 heavy (non-hydrogen) atoms. The van der Waals surface area contributed by atoms with E-state index in [0.717, 1.165) is 48.4 Å². The number of carbonyl (C=O) groups excluding carboxylic acids is 2. The normalized spacial score (nSPS) is 16.2. The summed E-state index contributed by atoms with van der Waals surface area (Å²) in [6.45, 7) is 2.49. The number of nitrogens with one attached hydrogen (secondary N) is 2. The van der Waals surface area contributed by atoms with Crippen molar-refractivity contribution in [1.82, 2.24) is 20.1 Å². The van der Waals surface area contributed by atoms with Crippen LogP contribution in [-0.2, 0) is 11.3 Å². The molecule has 1 fully saturated rings. The number of amides is 2. The molecular formula is C32H33N7O3. The third kappa shape index (κ3) is 6.93. The molecule has 0 bridgehead atoms. The van der Waals surface area contributed by atoms with Crippen LogP contribution in [0.25, 0.3) is 5.69 Å². The molecule has 10 heteroatoms. The van der Waals surface area contributed by atoms with Crippen molar-refractivity contribution in [3.8, 4) is 11.8 Å². The van der Waals surface area contributed by atoms with Crippen molar-refractivity contribution < 1.29 is 14.3 Å². The number of benzene rings is 2. The zero-order chi connectivity index (χ0) is 29.3. The topological polar surface area (TPSA) is 125 Å². The summed E-state index contributed by atoms with van der Waals surface area (Å²) in [6.07, 6.45) is 8.06. The number of anilines is 2. The zero-order valence-corrected chi connectivity index (χ0v) is 23.4. The Morgan fingerprint density at radius 1 is 1.02 bits per heavy atom. The number of rotatable bonds is 9. The van der Waals surface area contributed by atoms with Crippen molar-refractivity contribution >= 4 is 23.5 Å². The second-order valence-electron chi connectivity index (χ2n) is 10.1. The Hall–Kier alpha value is -5.17. The van der Waals surface area contributed by atoms with Crippen LogP contribution in [0.5, 0.6) is 0 Å². The Kier molecular flexibility index (Phi) is 9.09. The van der Waals surface area contributed by atoms with Gasteiger partial charge in [-0.05, 0) is 74.6 Å². The van der Waals surface area contributed by atoms with E-state index >= 15 is 0 Å². The predicted molar refractivity (Wildman–Crippen MR) is 159 cm³/mol. The lowest BCUT2D eigenvalue weighted by Crippen LogP contribution is -2.48. The van der Waals surface area contributed by atoms with E-state index in [1.807, 2.05) is 65.6 Å². The van der Waals surface area contributed by atoms with Gasteiger partial charge in [0.25, 0.3) is 0 Å². The Labute approximate surface area is 244 Å². The summed E-state index contributed by atoms with van der Waals surface area (Å²) < 4.78 is 6.68. The highest BCUT2D eigenvalue weighted by Crippen LogP contribution is 2.30. The number of ether oxygens (including phenoxy) is 1. The number of hydrogen-bond acceptors (Lipinski definition) is 7. The van der Waals surface area contributed by atoms with Gasteiger partial charge in [0.2, 0.25) is 0 Å². The van der Waals surface area contributed by atoms with E-state index in [0.29, 0.717) is 24.3 Å². The molecule has 214 valence electrons.